The number of hydrogen-bond acceptors (Lipinski definition) is 1. The second-order valence-electron chi connectivity index (χ2n) is 5.50. The van der Waals surface area contributed by atoms with Gasteiger partial charge in [-0.15, -0.1) is 0 Å². The molecule has 0 saturated carbocycles. The van der Waals surface area contributed by atoms with E-state index in [2.05, 4.69) is 55.6 Å². The Morgan fingerprint density at radius 3 is 2.39 bits per heavy atom. The molecule has 0 unspecified atom stereocenters. The SMILES string of the molecule is C[Si](C)(C/C=C\CCCCCO)c1ccccc1. The molecule has 2 heteroatoms. The summed E-state index contributed by atoms with van der Waals surface area (Å²) in [6.45, 7) is 5.19. The molecule has 1 nitrogen and oxygen atoms in total. The second-order valence-corrected chi connectivity index (χ2v) is 10.3. The van der Waals surface area contributed by atoms with E-state index in [0.29, 0.717) is 6.61 Å². The van der Waals surface area contributed by atoms with Gasteiger partial charge in [-0.05, 0) is 25.3 Å². The Kier molecular flexibility index (Phi) is 6.99. The van der Waals surface area contributed by atoms with Crippen LogP contribution in [0.1, 0.15) is 25.7 Å². The van der Waals surface area contributed by atoms with Gasteiger partial charge in [-0.25, -0.2) is 0 Å². The van der Waals surface area contributed by atoms with Crippen molar-refractivity contribution in [2.45, 2.75) is 44.8 Å². The maximum atomic E-state index is 8.69. The molecule has 100 valence electrons. The van der Waals surface area contributed by atoms with Gasteiger partial charge in [0.2, 0.25) is 0 Å². The van der Waals surface area contributed by atoms with E-state index in [9.17, 15) is 0 Å². The number of aliphatic hydroxyl groups is 1. The minimum atomic E-state index is -1.28. The van der Waals surface area contributed by atoms with Crippen LogP contribution in [0.25, 0.3) is 0 Å². The van der Waals surface area contributed by atoms with Crippen LogP contribution in [-0.2, 0) is 0 Å². The van der Waals surface area contributed by atoms with Gasteiger partial charge in [0.25, 0.3) is 0 Å². The van der Waals surface area contributed by atoms with Crippen LogP contribution in [0.2, 0.25) is 19.1 Å². The average Bonchev–Trinajstić information content (AvgIpc) is 2.39. The van der Waals surface area contributed by atoms with Crippen molar-refractivity contribution in [1.82, 2.24) is 0 Å². The van der Waals surface area contributed by atoms with E-state index in [1.807, 2.05) is 0 Å². The standard InChI is InChI=1S/C16H26OSi/c1-18(2,16-12-8-7-9-13-16)15-11-6-4-3-5-10-14-17/h6-9,11-13,17H,3-5,10,14-15H2,1-2H3/b11-6-. The molecule has 0 radical (unpaired) electrons. The zero-order valence-electron chi connectivity index (χ0n) is 11.7. The van der Waals surface area contributed by atoms with Crippen LogP contribution in [0, 0.1) is 0 Å². The van der Waals surface area contributed by atoms with Crippen molar-refractivity contribution in [1.29, 1.82) is 0 Å². The van der Waals surface area contributed by atoms with E-state index in [-0.39, 0.29) is 0 Å². The summed E-state index contributed by atoms with van der Waals surface area (Å²) < 4.78 is 0. The Morgan fingerprint density at radius 1 is 1.00 bits per heavy atom. The largest absolute Gasteiger partial charge is 0.396 e. The van der Waals surface area contributed by atoms with Crippen LogP contribution < -0.4 is 5.19 Å². The Hall–Kier alpha value is -0.863. The predicted octanol–water partition coefficient (Wildman–Crippen LogP) is 3.71. The van der Waals surface area contributed by atoms with Crippen LogP contribution in [0.5, 0.6) is 0 Å². The number of benzene rings is 1. The van der Waals surface area contributed by atoms with Gasteiger partial charge in [0.05, 0.1) is 8.07 Å². The molecule has 1 aromatic rings. The lowest BCUT2D eigenvalue weighted by atomic mass is 10.2. The third kappa shape index (κ3) is 5.65. The molecule has 0 fully saturated rings. The van der Waals surface area contributed by atoms with Crippen LogP contribution in [0.3, 0.4) is 0 Å². The van der Waals surface area contributed by atoms with Crippen LogP contribution >= 0.6 is 0 Å². The van der Waals surface area contributed by atoms with Crippen LogP contribution in [-0.4, -0.2) is 19.8 Å². The number of hydrogen-bond donors (Lipinski definition) is 1. The topological polar surface area (TPSA) is 20.2 Å². The molecule has 0 aliphatic heterocycles. The van der Waals surface area contributed by atoms with Crippen molar-refractivity contribution >= 4 is 13.3 Å². The number of unbranched alkanes of at least 4 members (excludes halogenated alkanes) is 3. The lowest BCUT2D eigenvalue weighted by Crippen LogP contribution is -2.40. The molecule has 0 bridgehead atoms. The van der Waals surface area contributed by atoms with Crippen molar-refractivity contribution in [3.05, 3.63) is 42.5 Å². The van der Waals surface area contributed by atoms with Gasteiger partial charge in [0.1, 0.15) is 0 Å². The fourth-order valence-corrected chi connectivity index (χ4v) is 4.14. The highest BCUT2D eigenvalue weighted by Crippen LogP contribution is 2.11. The summed E-state index contributed by atoms with van der Waals surface area (Å²) in [4.78, 5) is 0. The molecule has 0 saturated heterocycles. The Bertz CT molecular complexity index is 343. The highest BCUT2D eigenvalue weighted by molar-refractivity contribution is 6.90. The molecule has 0 aliphatic carbocycles. The third-order valence-corrected chi connectivity index (χ3v) is 6.53. The molecule has 0 aliphatic rings. The van der Waals surface area contributed by atoms with E-state index in [1.54, 1.807) is 0 Å². The smallest absolute Gasteiger partial charge is 0.0843 e. The molecule has 18 heavy (non-hydrogen) atoms. The van der Waals surface area contributed by atoms with Crippen molar-refractivity contribution in [2.24, 2.45) is 0 Å². The number of allylic oxidation sites excluding steroid dienone is 2. The first-order valence-corrected chi connectivity index (χ1v) is 10.2. The average molecular weight is 262 g/mol. The first-order chi connectivity index (χ1) is 8.67. The monoisotopic (exact) mass is 262 g/mol. The zero-order valence-corrected chi connectivity index (χ0v) is 12.7. The number of aliphatic hydroxyl groups excluding tert-OH is 1. The molecule has 0 aromatic heterocycles. The lowest BCUT2D eigenvalue weighted by Gasteiger charge is -2.20. The summed E-state index contributed by atoms with van der Waals surface area (Å²) in [7, 11) is -1.28. The Balaban J connectivity index is 2.31. The quantitative estimate of drug-likeness (QED) is 0.430. The second kappa shape index (κ2) is 8.28. The highest BCUT2D eigenvalue weighted by atomic mass is 28.3. The maximum absolute atomic E-state index is 8.69. The van der Waals surface area contributed by atoms with Crippen molar-refractivity contribution in [3.8, 4) is 0 Å². The third-order valence-electron chi connectivity index (χ3n) is 3.38. The fourth-order valence-electron chi connectivity index (χ4n) is 2.05. The summed E-state index contributed by atoms with van der Waals surface area (Å²) in [6, 6.07) is 12.1. The molecule has 1 N–H and O–H groups in total. The van der Waals surface area contributed by atoms with E-state index in [0.717, 1.165) is 19.3 Å². The van der Waals surface area contributed by atoms with Gasteiger partial charge in [-0.3, -0.25) is 0 Å². The molecule has 1 rings (SSSR count). The molecule has 1 aromatic carbocycles. The zero-order chi connectivity index (χ0) is 13.3. The van der Waals surface area contributed by atoms with Gasteiger partial charge in [-0.1, -0.05) is 67.2 Å². The first kappa shape index (κ1) is 15.2. The van der Waals surface area contributed by atoms with Gasteiger partial charge in [-0.2, -0.15) is 0 Å². The van der Waals surface area contributed by atoms with Gasteiger partial charge in [0, 0.05) is 6.61 Å². The minimum absolute atomic E-state index is 0.331. The Labute approximate surface area is 113 Å². The summed E-state index contributed by atoms with van der Waals surface area (Å²) in [5, 5.41) is 10.2. The van der Waals surface area contributed by atoms with Gasteiger partial charge >= 0.3 is 0 Å². The van der Waals surface area contributed by atoms with E-state index in [1.165, 1.54) is 17.7 Å². The van der Waals surface area contributed by atoms with Gasteiger partial charge in [0.15, 0.2) is 0 Å². The number of rotatable bonds is 8. The van der Waals surface area contributed by atoms with Crippen molar-refractivity contribution in [2.75, 3.05) is 6.61 Å². The van der Waals surface area contributed by atoms with Crippen molar-refractivity contribution < 1.29 is 5.11 Å². The molecule has 0 atom stereocenters. The minimum Gasteiger partial charge on any atom is -0.396 e. The van der Waals surface area contributed by atoms with Crippen LogP contribution in [0.15, 0.2) is 42.5 Å². The predicted molar refractivity (Wildman–Crippen MR) is 83.1 cm³/mol. The summed E-state index contributed by atoms with van der Waals surface area (Å²) in [5.41, 5.74) is 0. The van der Waals surface area contributed by atoms with Crippen LogP contribution in [0.4, 0.5) is 0 Å². The van der Waals surface area contributed by atoms with Gasteiger partial charge < -0.3 is 5.11 Å². The molecule has 0 amide bonds. The molecule has 0 heterocycles. The molecule has 0 spiro atoms. The molecular weight excluding hydrogens is 236 g/mol. The molecular formula is C16H26OSi. The van der Waals surface area contributed by atoms with E-state index >= 15 is 0 Å². The van der Waals surface area contributed by atoms with Crippen molar-refractivity contribution in [3.63, 3.8) is 0 Å². The highest BCUT2D eigenvalue weighted by Gasteiger charge is 2.20. The fraction of sp³-hybridized carbons (Fsp3) is 0.500. The summed E-state index contributed by atoms with van der Waals surface area (Å²) >= 11 is 0. The van der Waals surface area contributed by atoms with E-state index in [4.69, 9.17) is 5.11 Å². The lowest BCUT2D eigenvalue weighted by molar-refractivity contribution is 0.283. The normalized spacial score (nSPS) is 12.2. The summed E-state index contributed by atoms with van der Waals surface area (Å²) in [6.07, 6.45) is 9.11. The van der Waals surface area contributed by atoms with E-state index < -0.39 is 8.07 Å². The summed E-state index contributed by atoms with van der Waals surface area (Å²) in [5.74, 6) is 0. The Morgan fingerprint density at radius 2 is 1.72 bits per heavy atom. The maximum Gasteiger partial charge on any atom is 0.0843 e. The first-order valence-electron chi connectivity index (χ1n) is 6.98.